The van der Waals surface area contributed by atoms with E-state index in [0.29, 0.717) is 17.4 Å². The topological polar surface area (TPSA) is 73.8 Å². The van der Waals surface area contributed by atoms with E-state index in [2.05, 4.69) is 10.1 Å². The number of aryl methyl sites for hydroxylation is 2. The van der Waals surface area contributed by atoms with E-state index in [0.717, 1.165) is 16.3 Å². The van der Waals surface area contributed by atoms with Gasteiger partial charge in [-0.2, -0.15) is 0 Å². The molecule has 2 aliphatic rings. The Bertz CT molecular complexity index is 1050. The largest absolute Gasteiger partial charge is 0.421 e. The minimum absolute atomic E-state index is 0.0646. The monoisotopic (exact) mass is 383 g/mol. The highest BCUT2D eigenvalue weighted by Gasteiger charge is 2.52. The van der Waals surface area contributed by atoms with Gasteiger partial charge in [-0.15, -0.1) is 9.78 Å². The van der Waals surface area contributed by atoms with Crippen LogP contribution in [-0.4, -0.2) is 68.0 Å². The number of rotatable bonds is 2. The van der Waals surface area contributed by atoms with Gasteiger partial charge in [0.05, 0.1) is 19.3 Å². The third-order valence-electron chi connectivity index (χ3n) is 4.98. The SMILES string of the molecule is Cc1cc(C)n(C2=[N+](C)C3C(=O)N(Cc4ccc(F)cc4)C(=O)N(C)C3=N2)n1. The Kier molecular flexibility index (Phi) is 4.10. The number of nitrogens with zero attached hydrogens (tertiary/aromatic N) is 6. The molecular formula is C19H20FN6O2+. The molecule has 1 atom stereocenters. The minimum atomic E-state index is -0.720. The normalized spacial score (nSPS) is 19.5. The van der Waals surface area contributed by atoms with Crippen LogP contribution in [0.15, 0.2) is 35.3 Å². The van der Waals surface area contributed by atoms with E-state index in [1.54, 1.807) is 35.5 Å². The van der Waals surface area contributed by atoms with Crippen molar-refractivity contribution in [1.82, 2.24) is 19.6 Å². The summed E-state index contributed by atoms with van der Waals surface area (Å²) in [6, 6.07) is 6.47. The molecule has 1 aromatic heterocycles. The maximum Gasteiger partial charge on any atom is 0.421 e. The zero-order chi connectivity index (χ0) is 20.2. The van der Waals surface area contributed by atoms with E-state index in [1.165, 1.54) is 17.0 Å². The van der Waals surface area contributed by atoms with Gasteiger partial charge in [0, 0.05) is 7.05 Å². The van der Waals surface area contributed by atoms with Crippen LogP contribution in [0.25, 0.3) is 0 Å². The summed E-state index contributed by atoms with van der Waals surface area (Å²) in [5.74, 6) is 0.120. The number of fused-ring (bicyclic) bond motifs is 1. The average molecular weight is 383 g/mol. The minimum Gasteiger partial charge on any atom is -0.270 e. The number of likely N-dealkylation sites (N-methyl/N-ethyl adjacent to an activating group) is 2. The lowest BCUT2D eigenvalue weighted by Gasteiger charge is -2.33. The molecule has 3 amide bonds. The van der Waals surface area contributed by atoms with Gasteiger partial charge < -0.3 is 0 Å². The lowest BCUT2D eigenvalue weighted by molar-refractivity contribution is -0.507. The quantitative estimate of drug-likeness (QED) is 0.735. The third-order valence-corrected chi connectivity index (χ3v) is 4.98. The second-order valence-electron chi connectivity index (χ2n) is 7.01. The Hall–Kier alpha value is -3.36. The summed E-state index contributed by atoms with van der Waals surface area (Å²) in [6.07, 6.45) is 0. The first-order valence-electron chi connectivity index (χ1n) is 8.83. The fourth-order valence-corrected chi connectivity index (χ4v) is 3.53. The summed E-state index contributed by atoms with van der Waals surface area (Å²) in [7, 11) is 3.35. The molecule has 0 saturated carbocycles. The Morgan fingerprint density at radius 1 is 1.18 bits per heavy atom. The smallest absolute Gasteiger partial charge is 0.270 e. The molecule has 0 radical (unpaired) electrons. The molecule has 1 fully saturated rings. The number of aromatic nitrogens is 2. The second kappa shape index (κ2) is 6.36. The van der Waals surface area contributed by atoms with Gasteiger partial charge in [0.2, 0.25) is 11.9 Å². The number of hydrogen-bond donors (Lipinski definition) is 0. The van der Waals surface area contributed by atoms with E-state index in [9.17, 15) is 14.0 Å². The Morgan fingerprint density at radius 2 is 1.86 bits per heavy atom. The predicted molar refractivity (Wildman–Crippen MR) is 99.6 cm³/mol. The number of carbonyl (C=O) groups excluding carboxylic acids is 2. The number of hydrogen-bond acceptors (Lipinski definition) is 4. The molecule has 2 aromatic rings. The molecule has 0 spiro atoms. The van der Waals surface area contributed by atoms with E-state index in [1.807, 2.05) is 19.9 Å². The molecule has 3 heterocycles. The Labute approximate surface area is 161 Å². The lowest BCUT2D eigenvalue weighted by atomic mass is 10.1. The molecule has 144 valence electrons. The number of benzene rings is 1. The molecule has 9 heteroatoms. The molecule has 0 aliphatic carbocycles. The molecule has 28 heavy (non-hydrogen) atoms. The summed E-state index contributed by atoms with van der Waals surface area (Å²) in [4.78, 5) is 33.0. The van der Waals surface area contributed by atoms with Gasteiger partial charge in [0.1, 0.15) is 11.5 Å². The van der Waals surface area contributed by atoms with Crippen LogP contribution in [0.3, 0.4) is 0 Å². The van der Waals surface area contributed by atoms with Gasteiger partial charge in [0.25, 0.3) is 5.91 Å². The van der Waals surface area contributed by atoms with Crippen molar-refractivity contribution in [2.45, 2.75) is 26.4 Å². The van der Waals surface area contributed by atoms with Crippen LogP contribution in [0.2, 0.25) is 0 Å². The van der Waals surface area contributed by atoms with E-state index >= 15 is 0 Å². The maximum atomic E-state index is 13.2. The van der Waals surface area contributed by atoms with Crippen LogP contribution >= 0.6 is 0 Å². The van der Waals surface area contributed by atoms with Crippen LogP contribution in [0, 0.1) is 19.7 Å². The van der Waals surface area contributed by atoms with Crippen LogP contribution in [0.1, 0.15) is 17.0 Å². The Balaban J connectivity index is 1.71. The van der Waals surface area contributed by atoms with Crippen molar-refractivity contribution in [2.75, 3.05) is 14.1 Å². The molecule has 0 bridgehead atoms. The van der Waals surface area contributed by atoms with Crippen molar-refractivity contribution in [3.8, 4) is 0 Å². The number of halogens is 1. The van der Waals surface area contributed by atoms with Crippen molar-refractivity contribution >= 4 is 23.7 Å². The average Bonchev–Trinajstić information content (AvgIpc) is 3.17. The van der Waals surface area contributed by atoms with Crippen LogP contribution in [-0.2, 0) is 11.3 Å². The van der Waals surface area contributed by atoms with Gasteiger partial charge >= 0.3 is 12.0 Å². The third kappa shape index (κ3) is 2.70. The first kappa shape index (κ1) is 18.0. The molecule has 1 unspecified atom stereocenters. The molecule has 1 saturated heterocycles. The maximum absolute atomic E-state index is 13.2. The van der Waals surface area contributed by atoms with Gasteiger partial charge in [-0.25, -0.2) is 13.8 Å². The second-order valence-corrected chi connectivity index (χ2v) is 7.01. The molecule has 2 aliphatic heterocycles. The molecule has 0 N–H and O–H groups in total. The first-order chi connectivity index (χ1) is 13.3. The predicted octanol–water partition coefficient (Wildman–Crippen LogP) is 1.36. The van der Waals surface area contributed by atoms with Crippen molar-refractivity contribution in [1.29, 1.82) is 0 Å². The van der Waals surface area contributed by atoms with Crippen molar-refractivity contribution in [3.63, 3.8) is 0 Å². The van der Waals surface area contributed by atoms with Crippen molar-refractivity contribution < 1.29 is 18.6 Å². The van der Waals surface area contributed by atoms with Crippen molar-refractivity contribution in [3.05, 3.63) is 53.1 Å². The number of aliphatic imine (C=N–C) groups is 1. The van der Waals surface area contributed by atoms with Gasteiger partial charge in [-0.3, -0.25) is 14.6 Å². The number of imide groups is 1. The van der Waals surface area contributed by atoms with Crippen LogP contribution in [0.5, 0.6) is 0 Å². The van der Waals surface area contributed by atoms with E-state index in [-0.39, 0.29) is 18.3 Å². The molecule has 8 nitrogen and oxygen atoms in total. The highest BCUT2D eigenvalue weighted by atomic mass is 19.1. The summed E-state index contributed by atoms with van der Waals surface area (Å²) >= 11 is 0. The highest BCUT2D eigenvalue weighted by Crippen LogP contribution is 2.22. The number of carbonyl (C=O) groups is 2. The zero-order valence-electron chi connectivity index (χ0n) is 16.0. The van der Waals surface area contributed by atoms with Crippen molar-refractivity contribution in [2.24, 2.45) is 4.99 Å². The number of urea groups is 1. The van der Waals surface area contributed by atoms with Gasteiger partial charge in [0.15, 0.2) is 0 Å². The van der Waals surface area contributed by atoms with E-state index in [4.69, 9.17) is 0 Å². The van der Waals surface area contributed by atoms with Crippen LogP contribution < -0.4 is 0 Å². The summed E-state index contributed by atoms with van der Waals surface area (Å²) in [5.41, 5.74) is 2.38. The number of amides is 3. The fourth-order valence-electron chi connectivity index (χ4n) is 3.53. The summed E-state index contributed by atoms with van der Waals surface area (Å²) in [5, 5.41) is 4.43. The number of amidine groups is 1. The lowest BCUT2D eigenvalue weighted by Crippen LogP contribution is -2.62. The van der Waals surface area contributed by atoms with Gasteiger partial charge in [-0.05, 0) is 37.6 Å². The van der Waals surface area contributed by atoms with E-state index < -0.39 is 12.1 Å². The molecule has 4 rings (SSSR count). The standard InChI is InChI=1S/C19H20FN6O2/c1-11-9-12(2)26(22-11)18-21-16-15(23(18)3)17(27)25(19(28)24(16)4)10-13-5-7-14(20)8-6-13/h5-9,15H,10H2,1-4H3/q+1. The van der Waals surface area contributed by atoms with Crippen LogP contribution in [0.4, 0.5) is 9.18 Å². The fraction of sp³-hybridized carbons (Fsp3) is 0.316. The zero-order valence-corrected chi connectivity index (χ0v) is 16.0. The Morgan fingerprint density at radius 3 is 2.46 bits per heavy atom. The molecule has 1 aromatic carbocycles. The summed E-state index contributed by atoms with van der Waals surface area (Å²) in [6.45, 7) is 3.85. The van der Waals surface area contributed by atoms with Gasteiger partial charge in [-0.1, -0.05) is 17.1 Å². The highest BCUT2D eigenvalue weighted by molar-refractivity contribution is 6.22. The summed E-state index contributed by atoms with van der Waals surface area (Å²) < 4.78 is 16.5. The first-order valence-corrected chi connectivity index (χ1v) is 8.83. The molecular weight excluding hydrogens is 363 g/mol.